The molecule has 2 aromatic rings. The number of hydrogen-bond donors (Lipinski definition) is 1. The number of carbonyl (C=O) groups is 1. The van der Waals surface area contributed by atoms with Crippen LogP contribution in [0.25, 0.3) is 10.9 Å². The molecule has 0 bridgehead atoms. The zero-order valence-electron chi connectivity index (χ0n) is 9.26. The van der Waals surface area contributed by atoms with E-state index in [2.05, 4.69) is 0 Å². The van der Waals surface area contributed by atoms with Crippen molar-refractivity contribution >= 4 is 28.5 Å². The van der Waals surface area contributed by atoms with E-state index in [1.807, 2.05) is 18.2 Å². The minimum atomic E-state index is -0.940. The molecule has 0 spiro atoms. The maximum Gasteiger partial charge on any atom is 0.329 e. The van der Waals surface area contributed by atoms with Crippen molar-refractivity contribution in [3.8, 4) is 0 Å². The van der Waals surface area contributed by atoms with Gasteiger partial charge in [-0.2, -0.15) is 0 Å². The highest BCUT2D eigenvalue weighted by molar-refractivity contribution is 6.35. The van der Waals surface area contributed by atoms with Crippen LogP contribution in [-0.4, -0.2) is 29.4 Å². The van der Waals surface area contributed by atoms with E-state index in [0.29, 0.717) is 5.02 Å². The predicted molar refractivity (Wildman–Crippen MR) is 65.5 cm³/mol. The highest BCUT2D eigenvalue weighted by Crippen LogP contribution is 2.27. The van der Waals surface area contributed by atoms with Gasteiger partial charge >= 0.3 is 5.97 Å². The molecular weight excluding hydrogens is 242 g/mol. The summed E-state index contributed by atoms with van der Waals surface area (Å²) in [6.07, 6.45) is 1.72. The summed E-state index contributed by atoms with van der Waals surface area (Å²) in [4.78, 5) is 11.2. The molecule has 2 rings (SSSR count). The van der Waals surface area contributed by atoms with Crippen molar-refractivity contribution in [3.63, 3.8) is 0 Å². The van der Waals surface area contributed by atoms with Crippen LogP contribution >= 0.6 is 11.6 Å². The Morgan fingerprint density at radius 2 is 2.29 bits per heavy atom. The smallest absolute Gasteiger partial charge is 0.329 e. The summed E-state index contributed by atoms with van der Waals surface area (Å²) in [5.74, 6) is -0.940. The highest BCUT2D eigenvalue weighted by Gasteiger charge is 2.21. The second-order valence-electron chi connectivity index (χ2n) is 3.71. The molecule has 0 aliphatic rings. The lowest BCUT2D eigenvalue weighted by atomic mass is 10.2. The average molecular weight is 254 g/mol. The largest absolute Gasteiger partial charge is 0.480 e. The molecule has 0 saturated heterocycles. The number of benzene rings is 1. The normalized spacial score (nSPS) is 12.8. The second kappa shape index (κ2) is 4.77. The van der Waals surface area contributed by atoms with E-state index >= 15 is 0 Å². The predicted octanol–water partition coefficient (Wildman–Crippen LogP) is 2.57. The van der Waals surface area contributed by atoms with Gasteiger partial charge in [0.2, 0.25) is 0 Å². The van der Waals surface area contributed by atoms with Crippen LogP contribution < -0.4 is 0 Å². The topological polar surface area (TPSA) is 51.5 Å². The third-order valence-corrected chi connectivity index (χ3v) is 2.94. The van der Waals surface area contributed by atoms with Crippen LogP contribution in [0.2, 0.25) is 5.02 Å². The van der Waals surface area contributed by atoms with Crippen molar-refractivity contribution in [2.75, 3.05) is 13.7 Å². The molecular formula is C12H12ClNO3. The first-order valence-corrected chi connectivity index (χ1v) is 5.49. The number of para-hydroxylation sites is 1. The lowest BCUT2D eigenvalue weighted by molar-refractivity contribution is -0.142. The van der Waals surface area contributed by atoms with E-state index in [-0.39, 0.29) is 6.61 Å². The van der Waals surface area contributed by atoms with Gasteiger partial charge in [-0.15, -0.1) is 0 Å². The summed E-state index contributed by atoms with van der Waals surface area (Å²) < 4.78 is 6.56. The van der Waals surface area contributed by atoms with Gasteiger partial charge in [0.05, 0.1) is 17.1 Å². The number of nitrogens with zero attached hydrogens (tertiary/aromatic N) is 1. The molecule has 1 unspecified atom stereocenters. The number of rotatable bonds is 4. The SMILES string of the molecule is COCC(C(=O)O)n1ccc2cccc(Cl)c21. The lowest BCUT2D eigenvalue weighted by Gasteiger charge is -2.15. The molecule has 4 nitrogen and oxygen atoms in total. The first-order chi connectivity index (χ1) is 8.15. The fourth-order valence-electron chi connectivity index (χ4n) is 1.86. The molecule has 1 aromatic heterocycles. The number of hydrogen-bond acceptors (Lipinski definition) is 2. The van der Waals surface area contributed by atoms with Crippen LogP contribution in [0.15, 0.2) is 30.5 Å². The van der Waals surface area contributed by atoms with Gasteiger partial charge in [-0.3, -0.25) is 0 Å². The summed E-state index contributed by atoms with van der Waals surface area (Å²) in [6.45, 7) is 0.102. The molecule has 0 radical (unpaired) electrons. The van der Waals surface area contributed by atoms with E-state index in [0.717, 1.165) is 10.9 Å². The van der Waals surface area contributed by atoms with Crippen molar-refractivity contribution in [2.24, 2.45) is 0 Å². The number of halogens is 1. The minimum absolute atomic E-state index is 0.102. The summed E-state index contributed by atoms with van der Waals surface area (Å²) >= 11 is 6.10. The Bertz CT molecular complexity index is 550. The van der Waals surface area contributed by atoms with E-state index in [9.17, 15) is 9.90 Å². The highest BCUT2D eigenvalue weighted by atomic mass is 35.5. The molecule has 0 aliphatic carbocycles. The third kappa shape index (κ3) is 2.14. The minimum Gasteiger partial charge on any atom is -0.480 e. The second-order valence-corrected chi connectivity index (χ2v) is 4.12. The number of aromatic nitrogens is 1. The number of methoxy groups -OCH3 is 1. The number of carboxylic acid groups (broad SMARTS) is 1. The number of fused-ring (bicyclic) bond motifs is 1. The number of aliphatic carboxylic acids is 1. The molecule has 0 aliphatic heterocycles. The van der Waals surface area contributed by atoms with Gasteiger partial charge < -0.3 is 14.4 Å². The van der Waals surface area contributed by atoms with Gasteiger partial charge in [-0.1, -0.05) is 23.7 Å². The van der Waals surface area contributed by atoms with Crippen LogP contribution in [-0.2, 0) is 9.53 Å². The summed E-state index contributed by atoms with van der Waals surface area (Å²) in [5, 5.41) is 10.6. The third-order valence-electron chi connectivity index (χ3n) is 2.64. The molecule has 0 saturated carbocycles. The van der Waals surface area contributed by atoms with E-state index in [4.69, 9.17) is 16.3 Å². The van der Waals surface area contributed by atoms with Crippen LogP contribution in [0, 0.1) is 0 Å². The Labute approximate surface area is 103 Å². The van der Waals surface area contributed by atoms with Crippen LogP contribution in [0.3, 0.4) is 0 Å². The molecule has 17 heavy (non-hydrogen) atoms. The standard InChI is InChI=1S/C12H12ClNO3/c1-17-7-10(12(15)16)14-6-5-8-3-2-4-9(13)11(8)14/h2-6,10H,7H2,1H3,(H,15,16). The van der Waals surface area contributed by atoms with Crippen molar-refractivity contribution in [1.29, 1.82) is 0 Å². The van der Waals surface area contributed by atoms with E-state index in [1.165, 1.54) is 7.11 Å². The van der Waals surface area contributed by atoms with Gasteiger partial charge in [-0.05, 0) is 12.1 Å². The molecule has 1 aromatic carbocycles. The zero-order valence-corrected chi connectivity index (χ0v) is 10.0. The van der Waals surface area contributed by atoms with Crippen LogP contribution in [0.4, 0.5) is 0 Å². The monoisotopic (exact) mass is 253 g/mol. The zero-order chi connectivity index (χ0) is 12.4. The Hall–Kier alpha value is -1.52. The van der Waals surface area contributed by atoms with E-state index < -0.39 is 12.0 Å². The molecule has 1 heterocycles. The van der Waals surface area contributed by atoms with Crippen LogP contribution in [0.1, 0.15) is 6.04 Å². The summed E-state index contributed by atoms with van der Waals surface area (Å²) in [7, 11) is 1.48. The van der Waals surface area contributed by atoms with Gasteiger partial charge in [0.25, 0.3) is 0 Å². The quantitative estimate of drug-likeness (QED) is 0.911. The Kier molecular flexibility index (Phi) is 3.36. The molecule has 1 N–H and O–H groups in total. The fourth-order valence-corrected chi connectivity index (χ4v) is 2.14. The van der Waals surface area contributed by atoms with Crippen LogP contribution in [0.5, 0.6) is 0 Å². The Morgan fingerprint density at radius 3 is 2.94 bits per heavy atom. The van der Waals surface area contributed by atoms with Gasteiger partial charge in [0.15, 0.2) is 6.04 Å². The molecule has 0 fully saturated rings. The Balaban J connectivity index is 2.57. The summed E-state index contributed by atoms with van der Waals surface area (Å²) in [6, 6.07) is 6.54. The van der Waals surface area contributed by atoms with Crippen molar-refractivity contribution in [2.45, 2.75) is 6.04 Å². The number of carboxylic acids is 1. The molecule has 1 atom stereocenters. The molecule has 90 valence electrons. The van der Waals surface area contributed by atoms with Gasteiger partial charge in [-0.25, -0.2) is 4.79 Å². The maximum absolute atomic E-state index is 11.2. The number of ether oxygens (including phenoxy) is 1. The van der Waals surface area contributed by atoms with Crippen molar-refractivity contribution in [3.05, 3.63) is 35.5 Å². The molecule has 0 amide bonds. The van der Waals surface area contributed by atoms with Gasteiger partial charge in [0, 0.05) is 18.7 Å². The fraction of sp³-hybridized carbons (Fsp3) is 0.250. The Morgan fingerprint density at radius 1 is 1.53 bits per heavy atom. The average Bonchev–Trinajstić information content (AvgIpc) is 2.70. The maximum atomic E-state index is 11.2. The summed E-state index contributed by atoms with van der Waals surface area (Å²) in [5.41, 5.74) is 0.721. The van der Waals surface area contributed by atoms with E-state index in [1.54, 1.807) is 16.8 Å². The van der Waals surface area contributed by atoms with Crippen molar-refractivity contribution in [1.82, 2.24) is 4.57 Å². The van der Waals surface area contributed by atoms with Gasteiger partial charge in [0.1, 0.15) is 0 Å². The van der Waals surface area contributed by atoms with Crippen molar-refractivity contribution < 1.29 is 14.6 Å². The first kappa shape index (κ1) is 12.0. The molecule has 5 heteroatoms. The first-order valence-electron chi connectivity index (χ1n) is 5.12. The lowest BCUT2D eigenvalue weighted by Crippen LogP contribution is -2.22.